The second kappa shape index (κ2) is 8.91. The van der Waals surface area contributed by atoms with Crippen LogP contribution in [0, 0.1) is 0 Å². The number of carbonyl (C=O) groups excluding carboxylic acids is 2. The van der Waals surface area contributed by atoms with Crippen LogP contribution in [0.25, 0.3) is 0 Å². The van der Waals surface area contributed by atoms with Crippen LogP contribution in [0.1, 0.15) is 39.0 Å². The van der Waals surface area contributed by atoms with E-state index in [1.54, 1.807) is 0 Å². The van der Waals surface area contributed by atoms with E-state index in [2.05, 4.69) is 17.6 Å². The van der Waals surface area contributed by atoms with Crippen molar-refractivity contribution in [1.82, 2.24) is 15.5 Å². The zero-order valence-corrected chi connectivity index (χ0v) is 11.3. The predicted molar refractivity (Wildman–Crippen MR) is 71.2 cm³/mol. The highest BCUT2D eigenvalue weighted by Gasteiger charge is 2.16. The van der Waals surface area contributed by atoms with Crippen LogP contribution in [0.4, 0.5) is 0 Å². The average molecular weight is 255 g/mol. The molecule has 2 amide bonds. The SMILES string of the molecule is CCCCNC(=O)CNCCC(=O)N1CCCC1. The molecule has 1 rings (SSSR count). The Morgan fingerprint density at radius 2 is 1.89 bits per heavy atom. The van der Waals surface area contributed by atoms with Gasteiger partial charge in [0.15, 0.2) is 0 Å². The molecule has 0 aromatic carbocycles. The molecule has 0 bridgehead atoms. The maximum absolute atomic E-state index is 11.7. The summed E-state index contributed by atoms with van der Waals surface area (Å²) >= 11 is 0. The highest BCUT2D eigenvalue weighted by atomic mass is 16.2. The van der Waals surface area contributed by atoms with Crippen molar-refractivity contribution < 1.29 is 9.59 Å². The summed E-state index contributed by atoms with van der Waals surface area (Å²) in [6.07, 6.45) is 4.83. The van der Waals surface area contributed by atoms with Crippen molar-refractivity contribution in [2.75, 3.05) is 32.7 Å². The van der Waals surface area contributed by atoms with E-state index in [9.17, 15) is 9.59 Å². The molecule has 0 atom stereocenters. The number of nitrogens with one attached hydrogen (secondary N) is 2. The molecule has 0 aromatic heterocycles. The molecule has 0 aliphatic carbocycles. The van der Waals surface area contributed by atoms with Crippen molar-refractivity contribution in [3.63, 3.8) is 0 Å². The molecule has 1 aliphatic heterocycles. The molecule has 0 radical (unpaired) electrons. The van der Waals surface area contributed by atoms with Gasteiger partial charge in [-0.25, -0.2) is 0 Å². The van der Waals surface area contributed by atoms with Gasteiger partial charge >= 0.3 is 0 Å². The smallest absolute Gasteiger partial charge is 0.233 e. The van der Waals surface area contributed by atoms with Gasteiger partial charge in [0.25, 0.3) is 0 Å². The lowest BCUT2D eigenvalue weighted by Gasteiger charge is -2.15. The number of likely N-dealkylation sites (tertiary alicyclic amines) is 1. The Kier molecular flexibility index (Phi) is 7.41. The highest BCUT2D eigenvalue weighted by molar-refractivity contribution is 5.78. The Morgan fingerprint density at radius 3 is 2.56 bits per heavy atom. The molecule has 18 heavy (non-hydrogen) atoms. The van der Waals surface area contributed by atoms with Gasteiger partial charge < -0.3 is 15.5 Å². The number of hydrogen-bond donors (Lipinski definition) is 2. The molecule has 0 aromatic rings. The van der Waals surface area contributed by atoms with E-state index >= 15 is 0 Å². The fraction of sp³-hybridized carbons (Fsp3) is 0.846. The predicted octanol–water partition coefficient (Wildman–Crippen LogP) is 0.505. The molecule has 5 heteroatoms. The van der Waals surface area contributed by atoms with Gasteiger partial charge in [-0.1, -0.05) is 13.3 Å². The summed E-state index contributed by atoms with van der Waals surface area (Å²) in [6.45, 7) is 5.51. The normalized spacial score (nSPS) is 14.8. The summed E-state index contributed by atoms with van der Waals surface area (Å²) < 4.78 is 0. The first-order valence-corrected chi connectivity index (χ1v) is 6.99. The monoisotopic (exact) mass is 255 g/mol. The van der Waals surface area contributed by atoms with Crippen LogP contribution in [-0.2, 0) is 9.59 Å². The fourth-order valence-electron chi connectivity index (χ4n) is 1.99. The van der Waals surface area contributed by atoms with Crippen LogP contribution < -0.4 is 10.6 Å². The van der Waals surface area contributed by atoms with Gasteiger partial charge in [-0.05, 0) is 19.3 Å². The molecule has 0 saturated carbocycles. The van der Waals surface area contributed by atoms with Gasteiger partial charge in [0.05, 0.1) is 6.54 Å². The average Bonchev–Trinajstić information content (AvgIpc) is 2.88. The van der Waals surface area contributed by atoms with Crippen molar-refractivity contribution in [2.24, 2.45) is 0 Å². The molecule has 1 aliphatic rings. The van der Waals surface area contributed by atoms with E-state index in [4.69, 9.17) is 0 Å². The van der Waals surface area contributed by atoms with Crippen LogP contribution >= 0.6 is 0 Å². The minimum Gasteiger partial charge on any atom is -0.355 e. The number of unbranched alkanes of at least 4 members (excludes halogenated alkanes) is 1. The van der Waals surface area contributed by atoms with E-state index in [1.807, 2.05) is 4.90 Å². The molecular weight excluding hydrogens is 230 g/mol. The van der Waals surface area contributed by atoms with Gasteiger partial charge in [0.1, 0.15) is 0 Å². The minimum absolute atomic E-state index is 0.0112. The Balaban J connectivity index is 1.97. The molecule has 1 saturated heterocycles. The maximum Gasteiger partial charge on any atom is 0.233 e. The summed E-state index contributed by atoms with van der Waals surface area (Å²) in [7, 11) is 0. The van der Waals surface area contributed by atoms with E-state index in [0.717, 1.165) is 45.3 Å². The van der Waals surface area contributed by atoms with Gasteiger partial charge in [-0.2, -0.15) is 0 Å². The number of amides is 2. The van der Waals surface area contributed by atoms with Crippen LogP contribution in [0.2, 0.25) is 0 Å². The maximum atomic E-state index is 11.7. The highest BCUT2D eigenvalue weighted by Crippen LogP contribution is 2.08. The molecule has 2 N–H and O–H groups in total. The van der Waals surface area contributed by atoms with E-state index in [-0.39, 0.29) is 11.8 Å². The molecule has 0 unspecified atom stereocenters. The lowest BCUT2D eigenvalue weighted by molar-refractivity contribution is -0.130. The van der Waals surface area contributed by atoms with Gasteiger partial charge in [0, 0.05) is 32.6 Å². The van der Waals surface area contributed by atoms with Crippen molar-refractivity contribution >= 4 is 11.8 Å². The molecule has 104 valence electrons. The molecule has 1 fully saturated rings. The van der Waals surface area contributed by atoms with Crippen LogP contribution in [0.5, 0.6) is 0 Å². The summed E-state index contributed by atoms with van der Waals surface area (Å²) in [5.41, 5.74) is 0. The number of hydrogen-bond acceptors (Lipinski definition) is 3. The first-order chi connectivity index (χ1) is 8.74. The lowest BCUT2D eigenvalue weighted by atomic mass is 10.3. The summed E-state index contributed by atoms with van der Waals surface area (Å²) in [6, 6.07) is 0. The molecule has 0 spiro atoms. The third-order valence-corrected chi connectivity index (χ3v) is 3.11. The van der Waals surface area contributed by atoms with Crippen LogP contribution in [-0.4, -0.2) is 49.4 Å². The molecular formula is C13H25N3O2. The van der Waals surface area contributed by atoms with E-state index < -0.39 is 0 Å². The molecule has 1 heterocycles. The van der Waals surface area contributed by atoms with Gasteiger partial charge in [-0.15, -0.1) is 0 Å². The van der Waals surface area contributed by atoms with E-state index in [1.165, 1.54) is 0 Å². The first-order valence-electron chi connectivity index (χ1n) is 6.99. The Morgan fingerprint density at radius 1 is 1.17 bits per heavy atom. The minimum atomic E-state index is 0.0112. The van der Waals surface area contributed by atoms with Crippen molar-refractivity contribution in [3.8, 4) is 0 Å². The van der Waals surface area contributed by atoms with Crippen LogP contribution in [0.15, 0.2) is 0 Å². The third kappa shape index (κ3) is 6.00. The summed E-state index contributed by atoms with van der Waals surface area (Å²) in [4.78, 5) is 24.9. The Hall–Kier alpha value is -1.10. The zero-order valence-electron chi connectivity index (χ0n) is 11.3. The molecule has 5 nitrogen and oxygen atoms in total. The van der Waals surface area contributed by atoms with Gasteiger partial charge in [0.2, 0.25) is 11.8 Å². The number of rotatable bonds is 8. The first kappa shape index (κ1) is 15.0. The zero-order chi connectivity index (χ0) is 13.2. The Labute approximate surface area is 109 Å². The standard InChI is InChI=1S/C13H25N3O2/c1-2-3-7-15-12(17)11-14-8-6-13(18)16-9-4-5-10-16/h14H,2-11H2,1H3,(H,15,17). The van der Waals surface area contributed by atoms with Crippen LogP contribution in [0.3, 0.4) is 0 Å². The summed E-state index contributed by atoms with van der Waals surface area (Å²) in [5, 5.41) is 5.84. The topological polar surface area (TPSA) is 61.4 Å². The largest absolute Gasteiger partial charge is 0.355 e. The summed E-state index contributed by atoms with van der Waals surface area (Å²) in [5.74, 6) is 0.212. The quantitative estimate of drug-likeness (QED) is 0.621. The third-order valence-electron chi connectivity index (χ3n) is 3.11. The van der Waals surface area contributed by atoms with Crippen molar-refractivity contribution in [2.45, 2.75) is 39.0 Å². The van der Waals surface area contributed by atoms with Crippen molar-refractivity contribution in [1.29, 1.82) is 0 Å². The van der Waals surface area contributed by atoms with Gasteiger partial charge in [-0.3, -0.25) is 9.59 Å². The van der Waals surface area contributed by atoms with E-state index in [0.29, 0.717) is 19.5 Å². The van der Waals surface area contributed by atoms with Crippen molar-refractivity contribution in [3.05, 3.63) is 0 Å². The Bertz CT molecular complexity index is 263. The fourth-order valence-corrected chi connectivity index (χ4v) is 1.99. The number of nitrogens with zero attached hydrogens (tertiary/aromatic N) is 1. The lowest BCUT2D eigenvalue weighted by Crippen LogP contribution is -2.36. The number of carbonyl (C=O) groups is 2. The second-order valence-electron chi connectivity index (χ2n) is 4.72. The second-order valence-corrected chi connectivity index (χ2v) is 4.72.